The standard InChI is InChI=1S/C11H12FO/c12-8-4-7-11(13)9-10-5-2-1-3-6-10/h1-3,5-6,8H,4,7,9H2. The van der Waals surface area contributed by atoms with E-state index in [0.717, 1.165) is 5.56 Å². The average Bonchev–Trinajstić information content (AvgIpc) is 2.16. The molecule has 1 rings (SSSR count). The molecule has 0 aromatic heterocycles. The summed E-state index contributed by atoms with van der Waals surface area (Å²) in [7, 11) is 0. The predicted molar refractivity (Wildman–Crippen MR) is 49.8 cm³/mol. The Balaban J connectivity index is 2.37. The van der Waals surface area contributed by atoms with Gasteiger partial charge in [-0.2, -0.15) is 0 Å². The van der Waals surface area contributed by atoms with Crippen molar-refractivity contribution in [2.45, 2.75) is 19.3 Å². The van der Waals surface area contributed by atoms with Gasteiger partial charge in [0.25, 0.3) is 0 Å². The van der Waals surface area contributed by atoms with E-state index < -0.39 is 0 Å². The van der Waals surface area contributed by atoms with E-state index in [1.807, 2.05) is 30.3 Å². The third kappa shape index (κ3) is 3.83. The van der Waals surface area contributed by atoms with Gasteiger partial charge in [-0.15, -0.1) is 0 Å². The summed E-state index contributed by atoms with van der Waals surface area (Å²) in [5.41, 5.74) is 0.992. The second-order valence-corrected chi connectivity index (χ2v) is 2.89. The fraction of sp³-hybridized carbons (Fsp3) is 0.273. The van der Waals surface area contributed by atoms with Crippen LogP contribution in [0.3, 0.4) is 0 Å². The van der Waals surface area contributed by atoms with Crippen molar-refractivity contribution in [1.82, 2.24) is 0 Å². The fourth-order valence-electron chi connectivity index (χ4n) is 1.13. The lowest BCUT2D eigenvalue weighted by molar-refractivity contribution is -0.118. The van der Waals surface area contributed by atoms with Crippen LogP contribution in [0.5, 0.6) is 0 Å². The summed E-state index contributed by atoms with van der Waals surface area (Å²) < 4.78 is 11.6. The molecule has 1 aromatic rings. The van der Waals surface area contributed by atoms with Crippen molar-refractivity contribution in [3.05, 3.63) is 42.6 Å². The number of carbonyl (C=O) groups is 1. The largest absolute Gasteiger partial charge is 0.299 e. The van der Waals surface area contributed by atoms with Crippen LogP contribution in [-0.4, -0.2) is 5.78 Å². The van der Waals surface area contributed by atoms with E-state index in [4.69, 9.17) is 0 Å². The number of rotatable bonds is 5. The quantitative estimate of drug-likeness (QED) is 0.679. The van der Waals surface area contributed by atoms with Crippen LogP contribution >= 0.6 is 0 Å². The number of hydrogen-bond acceptors (Lipinski definition) is 1. The molecule has 0 amide bonds. The molecule has 0 heterocycles. The van der Waals surface area contributed by atoms with Crippen molar-refractivity contribution in [2.24, 2.45) is 0 Å². The van der Waals surface area contributed by atoms with Gasteiger partial charge < -0.3 is 0 Å². The molecule has 1 radical (unpaired) electrons. The van der Waals surface area contributed by atoms with Crippen LogP contribution in [0, 0.1) is 6.67 Å². The number of hydrogen-bond donors (Lipinski definition) is 0. The van der Waals surface area contributed by atoms with Crippen LogP contribution < -0.4 is 0 Å². The highest BCUT2D eigenvalue weighted by Crippen LogP contribution is 2.04. The van der Waals surface area contributed by atoms with Gasteiger partial charge in [0, 0.05) is 12.8 Å². The summed E-state index contributed by atoms with van der Waals surface area (Å²) >= 11 is 0. The maximum absolute atomic E-state index is 11.6. The van der Waals surface area contributed by atoms with Crippen LogP contribution in [-0.2, 0) is 11.2 Å². The minimum Gasteiger partial charge on any atom is -0.299 e. The molecular formula is C11H12FO. The Morgan fingerprint density at radius 2 is 2.00 bits per heavy atom. The van der Waals surface area contributed by atoms with E-state index >= 15 is 0 Å². The Hall–Kier alpha value is -1.18. The Bertz CT molecular complexity index is 256. The Kier molecular flexibility index (Phi) is 4.16. The third-order valence-corrected chi connectivity index (χ3v) is 1.78. The number of carbonyl (C=O) groups excluding carboxylic acids is 1. The van der Waals surface area contributed by atoms with Crippen molar-refractivity contribution in [3.63, 3.8) is 0 Å². The molecule has 0 saturated heterocycles. The monoisotopic (exact) mass is 179 g/mol. The van der Waals surface area contributed by atoms with Crippen molar-refractivity contribution in [3.8, 4) is 0 Å². The van der Waals surface area contributed by atoms with Crippen LogP contribution in [0.15, 0.2) is 30.3 Å². The van der Waals surface area contributed by atoms with Gasteiger partial charge >= 0.3 is 0 Å². The number of Topliss-reactive ketones (excluding diaryl/α,β-unsaturated/α-hetero) is 1. The molecule has 0 aliphatic carbocycles. The molecule has 0 spiro atoms. The molecular weight excluding hydrogens is 167 g/mol. The van der Waals surface area contributed by atoms with Crippen molar-refractivity contribution in [1.29, 1.82) is 0 Å². The predicted octanol–water partition coefficient (Wildman–Crippen LogP) is 2.71. The summed E-state index contributed by atoms with van der Waals surface area (Å²) in [6.07, 6.45) is 0.936. The average molecular weight is 179 g/mol. The summed E-state index contributed by atoms with van der Waals surface area (Å²) in [6, 6.07) is 9.49. The molecule has 0 N–H and O–H groups in total. The van der Waals surface area contributed by atoms with Gasteiger partial charge in [0.15, 0.2) is 0 Å². The van der Waals surface area contributed by atoms with E-state index in [-0.39, 0.29) is 12.2 Å². The Morgan fingerprint density at radius 1 is 1.31 bits per heavy atom. The topological polar surface area (TPSA) is 17.1 Å². The lowest BCUT2D eigenvalue weighted by Gasteiger charge is -1.98. The molecule has 1 nitrogen and oxygen atoms in total. The summed E-state index contributed by atoms with van der Waals surface area (Å²) in [4.78, 5) is 11.2. The van der Waals surface area contributed by atoms with E-state index in [1.54, 1.807) is 0 Å². The van der Waals surface area contributed by atoms with E-state index in [0.29, 0.717) is 19.5 Å². The SMILES string of the molecule is O=C(CC[CH]F)Cc1ccccc1. The lowest BCUT2D eigenvalue weighted by Crippen LogP contribution is -2.01. The number of benzene rings is 1. The lowest BCUT2D eigenvalue weighted by atomic mass is 10.1. The second kappa shape index (κ2) is 5.46. The minimum absolute atomic E-state index is 0.0834. The highest BCUT2D eigenvalue weighted by Gasteiger charge is 2.02. The first kappa shape index (κ1) is 9.90. The summed E-state index contributed by atoms with van der Waals surface area (Å²) in [5.74, 6) is 0.0834. The molecule has 0 saturated carbocycles. The molecule has 0 atom stereocenters. The van der Waals surface area contributed by atoms with Crippen LogP contribution in [0.2, 0.25) is 0 Å². The van der Waals surface area contributed by atoms with Gasteiger partial charge in [-0.05, 0) is 12.0 Å². The molecule has 0 unspecified atom stereocenters. The first-order valence-corrected chi connectivity index (χ1v) is 4.30. The Labute approximate surface area is 77.6 Å². The number of ketones is 1. The third-order valence-electron chi connectivity index (χ3n) is 1.78. The van der Waals surface area contributed by atoms with Crippen LogP contribution in [0.1, 0.15) is 18.4 Å². The second-order valence-electron chi connectivity index (χ2n) is 2.89. The number of halogens is 1. The van der Waals surface area contributed by atoms with Gasteiger partial charge in [0.2, 0.25) is 0 Å². The maximum Gasteiger partial charge on any atom is 0.137 e. The first-order chi connectivity index (χ1) is 6.33. The van der Waals surface area contributed by atoms with E-state index in [9.17, 15) is 9.18 Å². The van der Waals surface area contributed by atoms with Crippen molar-refractivity contribution in [2.75, 3.05) is 0 Å². The first-order valence-electron chi connectivity index (χ1n) is 4.30. The van der Waals surface area contributed by atoms with E-state index in [2.05, 4.69) is 0 Å². The van der Waals surface area contributed by atoms with E-state index in [1.165, 1.54) is 0 Å². The van der Waals surface area contributed by atoms with Gasteiger partial charge in [-0.3, -0.25) is 4.79 Å². The molecule has 69 valence electrons. The molecule has 2 heteroatoms. The highest BCUT2D eigenvalue weighted by atomic mass is 19.1. The smallest absolute Gasteiger partial charge is 0.137 e. The Morgan fingerprint density at radius 3 is 2.62 bits per heavy atom. The van der Waals surface area contributed by atoms with Crippen LogP contribution in [0.4, 0.5) is 4.39 Å². The zero-order valence-corrected chi connectivity index (χ0v) is 7.37. The van der Waals surface area contributed by atoms with Crippen LogP contribution in [0.25, 0.3) is 0 Å². The molecule has 1 aromatic carbocycles. The van der Waals surface area contributed by atoms with Gasteiger partial charge in [0.1, 0.15) is 12.5 Å². The zero-order chi connectivity index (χ0) is 9.52. The van der Waals surface area contributed by atoms with Crippen molar-refractivity contribution >= 4 is 5.78 Å². The van der Waals surface area contributed by atoms with Gasteiger partial charge in [0.05, 0.1) is 0 Å². The van der Waals surface area contributed by atoms with Gasteiger partial charge in [-0.25, -0.2) is 4.39 Å². The minimum atomic E-state index is 0.0834. The maximum atomic E-state index is 11.6. The fourth-order valence-corrected chi connectivity index (χ4v) is 1.13. The molecule has 13 heavy (non-hydrogen) atoms. The molecule has 0 bridgehead atoms. The molecule has 0 fully saturated rings. The van der Waals surface area contributed by atoms with Gasteiger partial charge in [-0.1, -0.05) is 30.3 Å². The normalized spacial score (nSPS) is 9.92. The zero-order valence-electron chi connectivity index (χ0n) is 7.37. The summed E-state index contributed by atoms with van der Waals surface area (Å²) in [6.45, 7) is 0.531. The summed E-state index contributed by atoms with van der Waals surface area (Å²) in [5, 5.41) is 0. The van der Waals surface area contributed by atoms with Crippen molar-refractivity contribution < 1.29 is 9.18 Å². The highest BCUT2D eigenvalue weighted by molar-refractivity contribution is 5.80. The molecule has 0 aliphatic heterocycles. The molecule has 0 aliphatic rings.